The van der Waals surface area contributed by atoms with Crippen molar-refractivity contribution >= 4 is 72.2 Å². The van der Waals surface area contributed by atoms with E-state index in [1.165, 1.54) is 11.3 Å². The zero-order chi connectivity index (χ0) is 12.6. The molecule has 0 aliphatic rings. The monoisotopic (exact) mass is 412 g/mol. The molecule has 1 aromatic carbocycles. The van der Waals surface area contributed by atoms with Gasteiger partial charge in [-0.3, -0.25) is 4.79 Å². The Morgan fingerprint density at radius 2 is 1.82 bits per heavy atom. The van der Waals surface area contributed by atoms with E-state index < -0.39 is 0 Å². The Kier molecular flexibility index (Phi) is 4.31. The highest BCUT2D eigenvalue weighted by Gasteiger charge is 2.18. The van der Waals surface area contributed by atoms with Crippen LogP contribution in [0.3, 0.4) is 0 Å². The SMILES string of the molecule is O=C(c1cc(Br)ccc1Br)c1cc(Cl)sc1Cl. The molecule has 1 nitrogen and oxygen atoms in total. The fourth-order valence-electron chi connectivity index (χ4n) is 1.31. The summed E-state index contributed by atoms with van der Waals surface area (Å²) >= 11 is 19.7. The number of ketones is 1. The molecule has 6 heteroatoms. The summed E-state index contributed by atoms with van der Waals surface area (Å²) in [6, 6.07) is 6.99. The summed E-state index contributed by atoms with van der Waals surface area (Å²) in [5.74, 6) is -0.147. The normalized spacial score (nSPS) is 10.6. The molecule has 0 bridgehead atoms. The standard InChI is InChI=1S/C11H4Br2Cl2OS/c12-5-1-2-8(13)6(3-5)10(16)7-4-9(14)17-11(7)15/h1-4H. The van der Waals surface area contributed by atoms with Crippen molar-refractivity contribution in [1.29, 1.82) is 0 Å². The van der Waals surface area contributed by atoms with Crippen molar-refractivity contribution in [3.8, 4) is 0 Å². The van der Waals surface area contributed by atoms with E-state index in [-0.39, 0.29) is 5.78 Å². The van der Waals surface area contributed by atoms with Crippen molar-refractivity contribution in [3.05, 3.63) is 53.0 Å². The minimum Gasteiger partial charge on any atom is -0.288 e. The second-order valence-electron chi connectivity index (χ2n) is 3.19. The summed E-state index contributed by atoms with van der Waals surface area (Å²) in [4.78, 5) is 12.3. The number of halogens is 4. The van der Waals surface area contributed by atoms with Crippen LogP contribution in [-0.2, 0) is 0 Å². The lowest BCUT2D eigenvalue weighted by molar-refractivity contribution is 0.103. The molecule has 0 amide bonds. The molecule has 0 aliphatic carbocycles. The van der Waals surface area contributed by atoms with Crippen molar-refractivity contribution in [2.45, 2.75) is 0 Å². The number of thiophene rings is 1. The molecule has 0 saturated carbocycles. The Balaban J connectivity index is 2.50. The highest BCUT2D eigenvalue weighted by Crippen LogP contribution is 2.34. The zero-order valence-corrected chi connectivity index (χ0v) is 13.6. The maximum Gasteiger partial charge on any atom is 0.196 e. The molecule has 1 aromatic heterocycles. The molecular weight excluding hydrogens is 411 g/mol. The lowest BCUT2D eigenvalue weighted by atomic mass is 10.1. The molecule has 0 atom stereocenters. The average molecular weight is 415 g/mol. The third kappa shape index (κ3) is 2.93. The van der Waals surface area contributed by atoms with Crippen LogP contribution in [0.2, 0.25) is 8.67 Å². The van der Waals surface area contributed by atoms with Crippen LogP contribution in [0.5, 0.6) is 0 Å². The Morgan fingerprint density at radius 3 is 2.41 bits per heavy atom. The highest BCUT2D eigenvalue weighted by molar-refractivity contribution is 9.11. The Hall–Kier alpha value is 0.130. The van der Waals surface area contributed by atoms with Crippen LogP contribution >= 0.6 is 66.4 Å². The fourth-order valence-corrected chi connectivity index (χ4v) is 3.56. The maximum atomic E-state index is 12.3. The molecule has 1 heterocycles. The lowest BCUT2D eigenvalue weighted by Gasteiger charge is -2.03. The van der Waals surface area contributed by atoms with Gasteiger partial charge in [0.05, 0.1) is 9.90 Å². The van der Waals surface area contributed by atoms with Gasteiger partial charge < -0.3 is 0 Å². The Labute approximate surface area is 129 Å². The minimum absolute atomic E-state index is 0.147. The van der Waals surface area contributed by atoms with Gasteiger partial charge in [0.15, 0.2) is 5.78 Å². The molecule has 0 fully saturated rings. The summed E-state index contributed by atoms with van der Waals surface area (Å²) in [5, 5.41) is 0. The molecule has 0 radical (unpaired) electrons. The Morgan fingerprint density at radius 1 is 1.12 bits per heavy atom. The summed E-state index contributed by atoms with van der Waals surface area (Å²) in [6.07, 6.45) is 0. The molecule has 0 aliphatic heterocycles. The quantitative estimate of drug-likeness (QED) is 0.566. The minimum atomic E-state index is -0.147. The van der Waals surface area contributed by atoms with Gasteiger partial charge in [-0.1, -0.05) is 55.1 Å². The average Bonchev–Trinajstić information content (AvgIpc) is 2.60. The summed E-state index contributed by atoms with van der Waals surface area (Å²) < 4.78 is 2.47. The smallest absolute Gasteiger partial charge is 0.196 e. The van der Waals surface area contributed by atoms with Gasteiger partial charge in [0.25, 0.3) is 0 Å². The van der Waals surface area contributed by atoms with E-state index >= 15 is 0 Å². The first-order chi connectivity index (χ1) is 7.99. The molecule has 2 aromatic rings. The van der Waals surface area contributed by atoms with Crippen molar-refractivity contribution < 1.29 is 4.79 Å². The highest BCUT2D eigenvalue weighted by atomic mass is 79.9. The van der Waals surface area contributed by atoms with E-state index in [4.69, 9.17) is 23.2 Å². The number of hydrogen-bond donors (Lipinski definition) is 0. The van der Waals surface area contributed by atoms with Crippen molar-refractivity contribution in [2.75, 3.05) is 0 Å². The third-order valence-corrected chi connectivity index (χ3v) is 4.75. The van der Waals surface area contributed by atoms with E-state index in [1.54, 1.807) is 18.2 Å². The number of hydrogen-bond acceptors (Lipinski definition) is 2. The predicted octanol–water partition coefficient (Wildman–Crippen LogP) is 5.81. The van der Waals surface area contributed by atoms with Crippen LogP contribution < -0.4 is 0 Å². The van der Waals surface area contributed by atoms with Gasteiger partial charge >= 0.3 is 0 Å². The number of carbonyl (C=O) groups is 1. The molecule has 0 saturated heterocycles. The predicted molar refractivity (Wildman–Crippen MR) is 79.6 cm³/mol. The van der Waals surface area contributed by atoms with E-state index in [0.29, 0.717) is 19.8 Å². The first kappa shape index (κ1) is 13.6. The molecule has 0 N–H and O–H groups in total. The first-order valence-corrected chi connectivity index (χ1v) is 7.59. The Bertz CT molecular complexity index is 595. The van der Waals surface area contributed by atoms with Crippen molar-refractivity contribution in [3.63, 3.8) is 0 Å². The largest absolute Gasteiger partial charge is 0.288 e. The zero-order valence-electron chi connectivity index (χ0n) is 8.14. The van der Waals surface area contributed by atoms with Gasteiger partial charge in [0.2, 0.25) is 0 Å². The van der Waals surface area contributed by atoms with Crippen LogP contribution in [0.1, 0.15) is 15.9 Å². The van der Waals surface area contributed by atoms with Gasteiger partial charge in [-0.2, -0.15) is 0 Å². The molecular formula is C11H4Br2Cl2OS. The number of carbonyl (C=O) groups excluding carboxylic acids is 1. The molecule has 0 unspecified atom stereocenters. The number of benzene rings is 1. The van der Waals surface area contributed by atoms with E-state index in [9.17, 15) is 4.79 Å². The van der Waals surface area contributed by atoms with Gasteiger partial charge in [-0.05, 0) is 24.3 Å². The van der Waals surface area contributed by atoms with Gasteiger partial charge in [0.1, 0.15) is 4.34 Å². The van der Waals surface area contributed by atoms with Gasteiger partial charge in [-0.15, -0.1) is 11.3 Å². The molecule has 88 valence electrons. The first-order valence-electron chi connectivity index (χ1n) is 4.43. The maximum absolute atomic E-state index is 12.3. The summed E-state index contributed by atoms with van der Waals surface area (Å²) in [5.41, 5.74) is 0.983. The number of rotatable bonds is 2. The second kappa shape index (κ2) is 5.41. The fraction of sp³-hybridized carbons (Fsp3) is 0. The van der Waals surface area contributed by atoms with Crippen LogP contribution in [-0.4, -0.2) is 5.78 Å². The topological polar surface area (TPSA) is 17.1 Å². The van der Waals surface area contributed by atoms with E-state index in [0.717, 1.165) is 8.95 Å². The van der Waals surface area contributed by atoms with Crippen molar-refractivity contribution in [2.24, 2.45) is 0 Å². The van der Waals surface area contributed by atoms with Crippen LogP contribution in [0, 0.1) is 0 Å². The van der Waals surface area contributed by atoms with Crippen LogP contribution in [0.4, 0.5) is 0 Å². The van der Waals surface area contributed by atoms with E-state index in [1.807, 2.05) is 6.07 Å². The second-order valence-corrected chi connectivity index (χ2v) is 7.25. The van der Waals surface area contributed by atoms with Crippen molar-refractivity contribution in [1.82, 2.24) is 0 Å². The van der Waals surface area contributed by atoms with Crippen LogP contribution in [0.15, 0.2) is 33.2 Å². The van der Waals surface area contributed by atoms with Gasteiger partial charge in [-0.25, -0.2) is 0 Å². The molecule has 2 rings (SSSR count). The molecule has 17 heavy (non-hydrogen) atoms. The van der Waals surface area contributed by atoms with Gasteiger partial charge in [0, 0.05) is 14.5 Å². The summed E-state index contributed by atoms with van der Waals surface area (Å²) in [6.45, 7) is 0. The lowest BCUT2D eigenvalue weighted by Crippen LogP contribution is -2.01. The third-order valence-electron chi connectivity index (χ3n) is 2.07. The molecule has 0 spiro atoms. The van der Waals surface area contributed by atoms with E-state index in [2.05, 4.69) is 31.9 Å². The van der Waals surface area contributed by atoms with Crippen LogP contribution in [0.25, 0.3) is 0 Å². The summed E-state index contributed by atoms with van der Waals surface area (Å²) in [7, 11) is 0.